The first-order valence-corrected chi connectivity index (χ1v) is 4.61. The third-order valence-electron chi connectivity index (χ3n) is 2.53. The highest BCUT2D eigenvalue weighted by Crippen LogP contribution is 2.41. The van der Waals surface area contributed by atoms with Crippen LogP contribution in [-0.2, 0) is 10.2 Å². The highest BCUT2D eigenvalue weighted by molar-refractivity contribution is 6.34. The van der Waals surface area contributed by atoms with Gasteiger partial charge in [-0.05, 0) is 31.5 Å². The highest BCUT2D eigenvalue weighted by atomic mass is 35.5. The minimum Gasteiger partial charge on any atom is -0.324 e. The number of benzene rings is 1. The monoisotopic (exact) mass is 213 g/mol. The van der Waals surface area contributed by atoms with Crippen LogP contribution >= 0.6 is 11.6 Å². The average Bonchev–Trinajstić information content (AvgIpc) is 2.28. The van der Waals surface area contributed by atoms with Gasteiger partial charge >= 0.3 is 0 Å². The summed E-state index contributed by atoms with van der Waals surface area (Å²) in [7, 11) is 0. The number of anilines is 1. The minimum atomic E-state index is -0.707. The Labute approximate surface area is 86.1 Å². The zero-order chi connectivity index (χ0) is 10.5. The van der Waals surface area contributed by atoms with E-state index in [1.165, 1.54) is 12.1 Å². The van der Waals surface area contributed by atoms with Crippen LogP contribution in [0.2, 0.25) is 5.02 Å². The zero-order valence-corrected chi connectivity index (χ0v) is 8.57. The Morgan fingerprint density at radius 1 is 1.43 bits per heavy atom. The van der Waals surface area contributed by atoms with E-state index < -0.39 is 11.2 Å². The number of amides is 1. The van der Waals surface area contributed by atoms with Crippen LogP contribution in [-0.4, -0.2) is 5.91 Å². The lowest BCUT2D eigenvalue weighted by Gasteiger charge is -2.14. The molecule has 14 heavy (non-hydrogen) atoms. The summed E-state index contributed by atoms with van der Waals surface area (Å²) >= 11 is 5.81. The second-order valence-corrected chi connectivity index (χ2v) is 4.30. The summed E-state index contributed by atoms with van der Waals surface area (Å²) < 4.78 is 13.1. The van der Waals surface area contributed by atoms with Gasteiger partial charge in [-0.15, -0.1) is 0 Å². The van der Waals surface area contributed by atoms with Crippen LogP contribution in [0.3, 0.4) is 0 Å². The molecule has 0 unspecified atom stereocenters. The van der Waals surface area contributed by atoms with Crippen molar-refractivity contribution in [2.75, 3.05) is 5.32 Å². The number of carbonyl (C=O) groups is 1. The van der Waals surface area contributed by atoms with Gasteiger partial charge < -0.3 is 5.32 Å². The molecule has 0 fully saturated rings. The van der Waals surface area contributed by atoms with Gasteiger partial charge in [-0.2, -0.15) is 0 Å². The van der Waals surface area contributed by atoms with Gasteiger partial charge in [0, 0.05) is 0 Å². The molecule has 1 aromatic carbocycles. The van der Waals surface area contributed by atoms with Crippen molar-refractivity contribution in [3.05, 3.63) is 28.5 Å². The number of fused-ring (bicyclic) bond motifs is 1. The van der Waals surface area contributed by atoms with E-state index in [1.54, 1.807) is 13.8 Å². The Bertz CT molecular complexity index is 428. The average molecular weight is 214 g/mol. The Morgan fingerprint density at radius 2 is 2.07 bits per heavy atom. The lowest BCUT2D eigenvalue weighted by atomic mass is 9.86. The van der Waals surface area contributed by atoms with Gasteiger partial charge in [-0.3, -0.25) is 4.79 Å². The fraction of sp³-hybridized carbons (Fsp3) is 0.300. The number of hydrogen-bond donors (Lipinski definition) is 1. The number of rotatable bonds is 0. The van der Waals surface area contributed by atoms with Crippen LogP contribution in [0.25, 0.3) is 0 Å². The molecule has 0 atom stereocenters. The van der Waals surface area contributed by atoms with E-state index in [1.807, 2.05) is 0 Å². The summed E-state index contributed by atoms with van der Waals surface area (Å²) in [5.74, 6) is -0.571. The maximum absolute atomic E-state index is 13.1. The summed E-state index contributed by atoms with van der Waals surface area (Å²) in [5, 5.41) is 2.89. The molecular formula is C10H9ClFNO. The smallest absolute Gasteiger partial charge is 0.234 e. The van der Waals surface area contributed by atoms with Crippen LogP contribution in [0, 0.1) is 5.82 Å². The van der Waals surface area contributed by atoms with E-state index in [2.05, 4.69) is 5.32 Å². The van der Waals surface area contributed by atoms with Crippen LogP contribution in [0.4, 0.5) is 10.1 Å². The minimum absolute atomic E-state index is 0.153. The zero-order valence-electron chi connectivity index (χ0n) is 7.82. The highest BCUT2D eigenvalue weighted by Gasteiger charge is 2.39. The molecule has 1 amide bonds. The lowest BCUT2D eigenvalue weighted by molar-refractivity contribution is -0.119. The molecule has 0 spiro atoms. The van der Waals surface area contributed by atoms with Crippen molar-refractivity contribution in [3.63, 3.8) is 0 Å². The maximum atomic E-state index is 13.1. The number of nitrogens with one attached hydrogen (secondary N) is 1. The third-order valence-corrected chi connectivity index (χ3v) is 2.83. The van der Waals surface area contributed by atoms with Gasteiger partial charge in [0.2, 0.25) is 5.91 Å². The van der Waals surface area contributed by atoms with E-state index in [0.29, 0.717) is 11.3 Å². The molecule has 1 aliphatic rings. The molecule has 0 aliphatic carbocycles. The molecule has 1 aliphatic heterocycles. The van der Waals surface area contributed by atoms with E-state index in [-0.39, 0.29) is 10.9 Å². The van der Waals surface area contributed by atoms with Crippen LogP contribution < -0.4 is 5.32 Å². The molecule has 74 valence electrons. The first-order valence-electron chi connectivity index (χ1n) is 4.24. The maximum Gasteiger partial charge on any atom is 0.234 e. The molecule has 0 saturated carbocycles. The summed E-state index contributed by atoms with van der Waals surface area (Å²) in [6.07, 6.45) is 0. The molecule has 2 nitrogen and oxygen atoms in total. The van der Waals surface area contributed by atoms with E-state index in [9.17, 15) is 9.18 Å². The summed E-state index contributed by atoms with van der Waals surface area (Å²) in [5.41, 5.74) is 0.441. The van der Waals surface area contributed by atoms with E-state index in [0.717, 1.165) is 0 Å². The lowest BCUT2D eigenvalue weighted by Crippen LogP contribution is -2.26. The predicted molar refractivity (Wildman–Crippen MR) is 53.1 cm³/mol. The Hall–Kier alpha value is -1.09. The SMILES string of the molecule is CC1(C)C(=O)Nc2c(Cl)cc(F)cc21. The van der Waals surface area contributed by atoms with E-state index >= 15 is 0 Å². The van der Waals surface area contributed by atoms with Crippen molar-refractivity contribution in [2.45, 2.75) is 19.3 Å². The second-order valence-electron chi connectivity index (χ2n) is 3.89. The Morgan fingerprint density at radius 3 is 2.71 bits per heavy atom. The first kappa shape index (κ1) is 9.46. The van der Waals surface area contributed by atoms with Crippen LogP contribution in [0.15, 0.2) is 12.1 Å². The number of carbonyl (C=O) groups excluding carboxylic acids is 1. The quantitative estimate of drug-likeness (QED) is 0.706. The molecule has 2 rings (SSSR count). The van der Waals surface area contributed by atoms with Crippen molar-refractivity contribution in [3.8, 4) is 0 Å². The Kier molecular flexibility index (Phi) is 1.83. The molecule has 0 aromatic heterocycles. The normalized spacial score (nSPS) is 17.9. The Balaban J connectivity index is 2.71. The fourth-order valence-electron chi connectivity index (χ4n) is 1.59. The van der Waals surface area contributed by atoms with Gasteiger partial charge in [0.25, 0.3) is 0 Å². The number of hydrogen-bond acceptors (Lipinski definition) is 1. The molecule has 0 saturated heterocycles. The standard InChI is InChI=1S/C10H9ClFNO/c1-10(2)6-3-5(12)4-7(11)8(6)13-9(10)14/h3-4H,1-2H3,(H,13,14). The molecule has 1 aromatic rings. The van der Waals surface area contributed by atoms with Crippen molar-refractivity contribution in [1.29, 1.82) is 0 Å². The topological polar surface area (TPSA) is 29.1 Å². The van der Waals surface area contributed by atoms with Gasteiger partial charge in [-0.25, -0.2) is 4.39 Å². The fourth-order valence-corrected chi connectivity index (χ4v) is 1.84. The molecular weight excluding hydrogens is 205 g/mol. The predicted octanol–water partition coefficient (Wildman–Crippen LogP) is 2.71. The van der Waals surface area contributed by atoms with Crippen molar-refractivity contribution in [2.24, 2.45) is 0 Å². The molecule has 0 bridgehead atoms. The molecule has 4 heteroatoms. The first-order chi connectivity index (χ1) is 6.43. The summed E-state index contributed by atoms with van der Waals surface area (Å²) in [6.45, 7) is 3.48. The van der Waals surface area contributed by atoms with Gasteiger partial charge in [-0.1, -0.05) is 11.6 Å². The van der Waals surface area contributed by atoms with Crippen LogP contribution in [0.1, 0.15) is 19.4 Å². The van der Waals surface area contributed by atoms with Crippen LogP contribution in [0.5, 0.6) is 0 Å². The largest absolute Gasteiger partial charge is 0.324 e. The molecule has 1 N–H and O–H groups in total. The molecule has 1 heterocycles. The third kappa shape index (κ3) is 1.12. The van der Waals surface area contributed by atoms with Gasteiger partial charge in [0.05, 0.1) is 16.1 Å². The van der Waals surface area contributed by atoms with Crippen molar-refractivity contribution < 1.29 is 9.18 Å². The van der Waals surface area contributed by atoms with Crippen molar-refractivity contribution in [1.82, 2.24) is 0 Å². The summed E-state index contributed by atoms with van der Waals surface area (Å²) in [6, 6.07) is 2.54. The van der Waals surface area contributed by atoms with Gasteiger partial charge in [0.15, 0.2) is 0 Å². The van der Waals surface area contributed by atoms with E-state index in [4.69, 9.17) is 11.6 Å². The number of halogens is 2. The molecule has 0 radical (unpaired) electrons. The second kappa shape index (κ2) is 2.70. The summed E-state index contributed by atoms with van der Waals surface area (Å²) in [4.78, 5) is 11.5. The van der Waals surface area contributed by atoms with Crippen molar-refractivity contribution >= 4 is 23.2 Å². The van der Waals surface area contributed by atoms with Gasteiger partial charge in [0.1, 0.15) is 5.82 Å².